The molecule has 25 heavy (non-hydrogen) atoms. The zero-order chi connectivity index (χ0) is 18.4. The molecule has 2 N–H and O–H groups in total. The van der Waals surface area contributed by atoms with Gasteiger partial charge in [0.15, 0.2) is 0 Å². The summed E-state index contributed by atoms with van der Waals surface area (Å²) in [5.74, 6) is -0.463. The van der Waals surface area contributed by atoms with Gasteiger partial charge in [0.05, 0.1) is 17.1 Å². The molecule has 2 aromatic carbocycles. The number of hydrogen-bond donors (Lipinski definition) is 2. The Balaban J connectivity index is 2.06. The highest BCUT2D eigenvalue weighted by molar-refractivity contribution is 6.31. The Kier molecular flexibility index (Phi) is 5.91. The number of amides is 2. The molecule has 0 bridgehead atoms. The van der Waals surface area contributed by atoms with E-state index in [-0.39, 0.29) is 23.0 Å². The molecule has 0 fully saturated rings. The van der Waals surface area contributed by atoms with Gasteiger partial charge in [-0.2, -0.15) is 0 Å². The summed E-state index contributed by atoms with van der Waals surface area (Å²) in [5.41, 5.74) is 0.443. The molecule has 0 heterocycles. The van der Waals surface area contributed by atoms with E-state index in [1.54, 1.807) is 6.92 Å². The van der Waals surface area contributed by atoms with E-state index in [0.29, 0.717) is 11.3 Å². The van der Waals surface area contributed by atoms with Crippen molar-refractivity contribution in [3.63, 3.8) is 0 Å². The molecule has 0 radical (unpaired) electrons. The van der Waals surface area contributed by atoms with Gasteiger partial charge in [-0.1, -0.05) is 11.6 Å². The van der Waals surface area contributed by atoms with E-state index in [2.05, 4.69) is 10.6 Å². The van der Waals surface area contributed by atoms with Gasteiger partial charge in [0.1, 0.15) is 5.69 Å². The molecular weight excluding hydrogens is 350 g/mol. The van der Waals surface area contributed by atoms with Crippen molar-refractivity contribution in [1.82, 2.24) is 0 Å². The number of hydrogen-bond acceptors (Lipinski definition) is 5. The molecule has 130 valence electrons. The second-order valence-electron chi connectivity index (χ2n) is 4.80. The van der Waals surface area contributed by atoms with Crippen LogP contribution in [0.25, 0.3) is 0 Å². The molecule has 0 spiro atoms. The fourth-order valence-corrected chi connectivity index (χ4v) is 2.12. The van der Waals surface area contributed by atoms with Crippen LogP contribution in [0.4, 0.5) is 21.9 Å². The summed E-state index contributed by atoms with van der Waals surface area (Å²) in [5, 5.41) is 16.1. The Morgan fingerprint density at radius 3 is 2.44 bits per heavy atom. The van der Waals surface area contributed by atoms with E-state index in [4.69, 9.17) is 16.3 Å². The second kappa shape index (κ2) is 8.11. The zero-order valence-corrected chi connectivity index (χ0v) is 13.9. The minimum absolute atomic E-state index is 0.00930. The molecule has 9 heteroatoms. The number of nitrogens with one attached hydrogen (secondary N) is 2. The molecule has 0 saturated heterocycles. The maximum Gasteiger partial charge on any atom is 0.338 e. The molecule has 0 saturated carbocycles. The monoisotopic (exact) mass is 363 g/mol. The van der Waals surface area contributed by atoms with Crippen molar-refractivity contribution < 1.29 is 19.2 Å². The van der Waals surface area contributed by atoms with Gasteiger partial charge in [-0.05, 0) is 43.3 Å². The van der Waals surface area contributed by atoms with E-state index < -0.39 is 16.9 Å². The number of ether oxygens (including phenoxy) is 1. The number of esters is 1. The number of urea groups is 1. The molecule has 2 aromatic rings. The van der Waals surface area contributed by atoms with E-state index in [9.17, 15) is 19.7 Å². The first-order chi connectivity index (χ1) is 11.9. The lowest BCUT2D eigenvalue weighted by Crippen LogP contribution is -2.20. The number of benzene rings is 2. The summed E-state index contributed by atoms with van der Waals surface area (Å²) >= 11 is 5.72. The van der Waals surface area contributed by atoms with Gasteiger partial charge in [0.2, 0.25) is 0 Å². The quantitative estimate of drug-likeness (QED) is 0.472. The summed E-state index contributed by atoms with van der Waals surface area (Å²) in [6, 6.07) is 9.27. The molecule has 0 aliphatic heterocycles. The van der Waals surface area contributed by atoms with Crippen molar-refractivity contribution in [2.75, 3.05) is 17.2 Å². The molecule has 2 amide bonds. The minimum atomic E-state index is -0.672. The van der Waals surface area contributed by atoms with Crippen LogP contribution in [0.15, 0.2) is 42.5 Å². The van der Waals surface area contributed by atoms with Gasteiger partial charge in [0.25, 0.3) is 5.69 Å². The van der Waals surface area contributed by atoms with Crippen LogP contribution < -0.4 is 10.6 Å². The van der Waals surface area contributed by atoms with E-state index in [0.717, 1.165) is 6.07 Å². The van der Waals surface area contributed by atoms with Crippen LogP contribution in [0.2, 0.25) is 5.02 Å². The Morgan fingerprint density at radius 2 is 1.84 bits per heavy atom. The van der Waals surface area contributed by atoms with Crippen LogP contribution in [0.1, 0.15) is 17.3 Å². The summed E-state index contributed by atoms with van der Waals surface area (Å²) < 4.78 is 4.86. The molecule has 0 aromatic heterocycles. The topological polar surface area (TPSA) is 111 Å². The van der Waals surface area contributed by atoms with E-state index in [1.807, 2.05) is 0 Å². The van der Waals surface area contributed by atoms with Crippen LogP contribution in [-0.2, 0) is 4.74 Å². The van der Waals surface area contributed by atoms with Gasteiger partial charge in [-0.25, -0.2) is 9.59 Å². The third kappa shape index (κ3) is 4.92. The number of nitrogens with zero attached hydrogens (tertiary/aromatic N) is 1. The summed E-state index contributed by atoms with van der Waals surface area (Å²) in [6.45, 7) is 1.97. The third-order valence-corrected chi connectivity index (χ3v) is 3.29. The van der Waals surface area contributed by atoms with Crippen molar-refractivity contribution in [1.29, 1.82) is 0 Å². The van der Waals surface area contributed by atoms with Crippen molar-refractivity contribution >= 4 is 40.7 Å². The number of carbonyl (C=O) groups excluding carboxylic acids is 2. The van der Waals surface area contributed by atoms with Crippen LogP contribution in [0.3, 0.4) is 0 Å². The number of rotatable bonds is 5. The lowest BCUT2D eigenvalue weighted by Gasteiger charge is -2.09. The molecular formula is C16H14ClN3O5. The SMILES string of the molecule is CCOC(=O)c1ccc(NC(=O)Nc2ccc(Cl)cc2[N+](=O)[O-])cc1. The largest absolute Gasteiger partial charge is 0.462 e. The van der Waals surface area contributed by atoms with Crippen LogP contribution in [-0.4, -0.2) is 23.5 Å². The standard InChI is InChI=1S/C16H14ClN3O5/c1-2-25-15(21)10-3-6-12(7-4-10)18-16(22)19-13-8-5-11(17)9-14(13)20(23)24/h3-9H,2H2,1H3,(H2,18,19,22). The molecule has 2 rings (SSSR count). The summed E-state index contributed by atoms with van der Waals surface area (Å²) in [4.78, 5) is 33.9. The first kappa shape index (κ1) is 18.2. The van der Waals surface area contributed by atoms with Gasteiger partial charge in [0, 0.05) is 16.8 Å². The van der Waals surface area contributed by atoms with Crippen LogP contribution in [0, 0.1) is 10.1 Å². The maximum atomic E-state index is 12.0. The van der Waals surface area contributed by atoms with Crippen molar-refractivity contribution in [2.24, 2.45) is 0 Å². The lowest BCUT2D eigenvalue weighted by atomic mass is 10.2. The smallest absolute Gasteiger partial charge is 0.338 e. The van der Waals surface area contributed by atoms with Crippen molar-refractivity contribution in [3.05, 3.63) is 63.2 Å². The first-order valence-electron chi connectivity index (χ1n) is 7.20. The number of halogens is 1. The molecule has 8 nitrogen and oxygen atoms in total. The van der Waals surface area contributed by atoms with Crippen LogP contribution in [0.5, 0.6) is 0 Å². The second-order valence-corrected chi connectivity index (χ2v) is 5.23. The Bertz CT molecular complexity index is 808. The highest BCUT2D eigenvalue weighted by Crippen LogP contribution is 2.27. The summed E-state index contributed by atoms with van der Waals surface area (Å²) in [7, 11) is 0. The summed E-state index contributed by atoms with van der Waals surface area (Å²) in [6.07, 6.45) is 0. The maximum absolute atomic E-state index is 12.0. The number of anilines is 2. The average molecular weight is 364 g/mol. The van der Waals surface area contributed by atoms with Gasteiger partial charge in [-0.15, -0.1) is 0 Å². The Hall–Kier alpha value is -3.13. The van der Waals surface area contributed by atoms with Gasteiger partial charge >= 0.3 is 12.0 Å². The minimum Gasteiger partial charge on any atom is -0.462 e. The molecule has 0 aliphatic rings. The highest BCUT2D eigenvalue weighted by atomic mass is 35.5. The number of carbonyl (C=O) groups is 2. The lowest BCUT2D eigenvalue weighted by molar-refractivity contribution is -0.383. The first-order valence-corrected chi connectivity index (χ1v) is 7.57. The van der Waals surface area contributed by atoms with Gasteiger partial charge in [-0.3, -0.25) is 10.1 Å². The van der Waals surface area contributed by atoms with E-state index >= 15 is 0 Å². The predicted molar refractivity (Wildman–Crippen MR) is 93.1 cm³/mol. The average Bonchev–Trinajstić information content (AvgIpc) is 2.57. The molecule has 0 atom stereocenters. The Morgan fingerprint density at radius 1 is 1.16 bits per heavy atom. The zero-order valence-electron chi connectivity index (χ0n) is 13.1. The number of nitro groups is 1. The predicted octanol–water partition coefficient (Wildman–Crippen LogP) is 4.07. The normalized spacial score (nSPS) is 10.0. The van der Waals surface area contributed by atoms with Gasteiger partial charge < -0.3 is 15.4 Å². The van der Waals surface area contributed by atoms with E-state index in [1.165, 1.54) is 36.4 Å². The molecule has 0 unspecified atom stereocenters. The van der Waals surface area contributed by atoms with Crippen molar-refractivity contribution in [2.45, 2.75) is 6.92 Å². The highest BCUT2D eigenvalue weighted by Gasteiger charge is 2.16. The number of nitro benzene ring substituents is 1. The fraction of sp³-hybridized carbons (Fsp3) is 0.125. The third-order valence-electron chi connectivity index (χ3n) is 3.06. The Labute approximate surface area is 147 Å². The molecule has 0 aliphatic carbocycles. The van der Waals surface area contributed by atoms with Crippen molar-refractivity contribution in [3.8, 4) is 0 Å². The van der Waals surface area contributed by atoms with Crippen LogP contribution >= 0.6 is 11.6 Å². The fourth-order valence-electron chi connectivity index (χ4n) is 1.95.